The molecule has 2 N–H and O–H groups in total. The van der Waals surface area contributed by atoms with Crippen LogP contribution in [0.1, 0.15) is 19.8 Å². The maximum atomic E-state index is 10.5. The van der Waals surface area contributed by atoms with Gasteiger partial charge >= 0.3 is 5.97 Å². The molecule has 0 aromatic rings. The first kappa shape index (κ1) is 11.5. The third kappa shape index (κ3) is 4.07. The summed E-state index contributed by atoms with van der Waals surface area (Å²) in [7, 11) is 0. The van der Waals surface area contributed by atoms with Gasteiger partial charge in [-0.25, -0.2) is 0 Å². The van der Waals surface area contributed by atoms with Gasteiger partial charge in [-0.2, -0.15) is 0 Å². The van der Waals surface area contributed by atoms with E-state index in [1.807, 2.05) is 0 Å². The summed E-state index contributed by atoms with van der Waals surface area (Å²) in [5, 5.41) is 11.8. The molecule has 1 fully saturated rings. The van der Waals surface area contributed by atoms with E-state index in [0.717, 1.165) is 32.6 Å². The highest BCUT2D eigenvalue weighted by Crippen LogP contribution is 2.15. The van der Waals surface area contributed by atoms with Crippen LogP contribution in [0.2, 0.25) is 0 Å². The molecule has 2 unspecified atom stereocenters. The van der Waals surface area contributed by atoms with Crippen molar-refractivity contribution in [3.05, 3.63) is 0 Å². The summed E-state index contributed by atoms with van der Waals surface area (Å²) in [6.45, 7) is 4.93. The number of hydrogen-bond donors (Lipinski definition) is 2. The van der Waals surface area contributed by atoms with Gasteiger partial charge in [0.1, 0.15) is 0 Å². The number of rotatable bonds is 6. The van der Waals surface area contributed by atoms with Gasteiger partial charge in [0.2, 0.25) is 0 Å². The Kier molecular flexibility index (Phi) is 4.90. The molecule has 1 aliphatic heterocycles. The molecule has 0 aromatic heterocycles. The van der Waals surface area contributed by atoms with Crippen molar-refractivity contribution in [2.24, 2.45) is 11.8 Å². The van der Waals surface area contributed by atoms with Crippen LogP contribution in [0.15, 0.2) is 0 Å². The molecule has 82 valence electrons. The lowest BCUT2D eigenvalue weighted by atomic mass is 10.1. The molecular formula is C10H19NO3. The van der Waals surface area contributed by atoms with E-state index in [2.05, 4.69) is 5.32 Å². The predicted octanol–water partition coefficient (Wildman–Crippen LogP) is 0.723. The molecule has 1 heterocycles. The topological polar surface area (TPSA) is 58.6 Å². The van der Waals surface area contributed by atoms with Crippen LogP contribution in [0.3, 0.4) is 0 Å². The van der Waals surface area contributed by atoms with Crippen LogP contribution in [-0.2, 0) is 9.53 Å². The second-order valence-electron chi connectivity index (χ2n) is 3.96. The van der Waals surface area contributed by atoms with E-state index in [-0.39, 0.29) is 5.92 Å². The third-order valence-electron chi connectivity index (χ3n) is 2.63. The van der Waals surface area contributed by atoms with E-state index in [1.165, 1.54) is 0 Å². The highest BCUT2D eigenvalue weighted by atomic mass is 16.5. The Morgan fingerprint density at radius 3 is 3.07 bits per heavy atom. The zero-order chi connectivity index (χ0) is 10.4. The van der Waals surface area contributed by atoms with Crippen LogP contribution in [0.4, 0.5) is 0 Å². The second-order valence-corrected chi connectivity index (χ2v) is 3.96. The fourth-order valence-corrected chi connectivity index (χ4v) is 1.52. The van der Waals surface area contributed by atoms with Crippen LogP contribution >= 0.6 is 0 Å². The lowest BCUT2D eigenvalue weighted by molar-refractivity contribution is -0.140. The fourth-order valence-electron chi connectivity index (χ4n) is 1.52. The van der Waals surface area contributed by atoms with Gasteiger partial charge in [-0.1, -0.05) is 6.92 Å². The van der Waals surface area contributed by atoms with E-state index in [1.54, 1.807) is 6.92 Å². The Hall–Kier alpha value is -0.610. The van der Waals surface area contributed by atoms with Crippen molar-refractivity contribution >= 4 is 5.97 Å². The zero-order valence-corrected chi connectivity index (χ0v) is 8.66. The molecule has 0 aromatic carbocycles. The fraction of sp³-hybridized carbons (Fsp3) is 0.900. The van der Waals surface area contributed by atoms with Crippen LogP contribution in [-0.4, -0.2) is 37.4 Å². The largest absolute Gasteiger partial charge is 0.481 e. The number of carboxylic acid groups (broad SMARTS) is 1. The number of carboxylic acids is 1. The summed E-state index contributed by atoms with van der Waals surface area (Å²) >= 11 is 0. The van der Waals surface area contributed by atoms with Crippen molar-refractivity contribution in [3.63, 3.8) is 0 Å². The van der Waals surface area contributed by atoms with Gasteiger partial charge in [0.15, 0.2) is 0 Å². The molecule has 0 bridgehead atoms. The normalized spacial score (nSPS) is 23.6. The molecule has 0 spiro atoms. The molecule has 0 radical (unpaired) electrons. The Labute approximate surface area is 84.6 Å². The minimum absolute atomic E-state index is 0.296. The summed E-state index contributed by atoms with van der Waals surface area (Å²) in [5.41, 5.74) is 0. The lowest BCUT2D eigenvalue weighted by Gasteiger charge is -2.10. The maximum Gasteiger partial charge on any atom is 0.307 e. The van der Waals surface area contributed by atoms with Crippen molar-refractivity contribution in [1.29, 1.82) is 0 Å². The molecule has 1 rings (SSSR count). The monoisotopic (exact) mass is 201 g/mol. The Bertz CT molecular complexity index is 178. The molecule has 0 amide bonds. The second kappa shape index (κ2) is 5.98. The summed E-state index contributed by atoms with van der Waals surface area (Å²) in [6.07, 6.45) is 2.24. The zero-order valence-electron chi connectivity index (χ0n) is 8.66. The third-order valence-corrected chi connectivity index (χ3v) is 2.63. The van der Waals surface area contributed by atoms with Crippen LogP contribution in [0, 0.1) is 11.8 Å². The first-order valence-electron chi connectivity index (χ1n) is 5.21. The van der Waals surface area contributed by atoms with E-state index >= 15 is 0 Å². The molecule has 14 heavy (non-hydrogen) atoms. The number of hydrogen-bond acceptors (Lipinski definition) is 3. The van der Waals surface area contributed by atoms with E-state index in [9.17, 15) is 4.79 Å². The summed E-state index contributed by atoms with van der Waals surface area (Å²) < 4.78 is 5.25. The minimum atomic E-state index is -0.735. The van der Waals surface area contributed by atoms with Crippen molar-refractivity contribution in [2.75, 3.05) is 26.3 Å². The van der Waals surface area contributed by atoms with Crippen molar-refractivity contribution in [3.8, 4) is 0 Å². The standard InChI is InChI=1S/C10H19NO3/c1-8(10(12)13)6-11-4-2-9-3-5-14-7-9/h8-9,11H,2-7H2,1H3,(H,12,13). The number of carbonyl (C=O) groups is 1. The van der Waals surface area contributed by atoms with Gasteiger partial charge in [-0.3, -0.25) is 4.79 Å². The average Bonchev–Trinajstić information content (AvgIpc) is 2.64. The van der Waals surface area contributed by atoms with Gasteiger partial charge in [0, 0.05) is 19.8 Å². The number of ether oxygens (including phenoxy) is 1. The molecular weight excluding hydrogens is 182 g/mol. The lowest BCUT2D eigenvalue weighted by Crippen LogP contribution is -2.28. The summed E-state index contributed by atoms with van der Waals surface area (Å²) in [5.74, 6) is -0.362. The van der Waals surface area contributed by atoms with Crippen LogP contribution in [0.5, 0.6) is 0 Å². The van der Waals surface area contributed by atoms with Crippen molar-refractivity contribution in [1.82, 2.24) is 5.32 Å². The van der Waals surface area contributed by atoms with E-state index in [0.29, 0.717) is 12.5 Å². The Morgan fingerprint density at radius 1 is 1.71 bits per heavy atom. The summed E-state index contributed by atoms with van der Waals surface area (Å²) in [6, 6.07) is 0. The Balaban J connectivity index is 1.95. The number of aliphatic carboxylic acids is 1. The highest BCUT2D eigenvalue weighted by Gasteiger charge is 2.15. The SMILES string of the molecule is CC(CNCCC1CCOC1)C(=O)O. The smallest absolute Gasteiger partial charge is 0.307 e. The van der Waals surface area contributed by atoms with Gasteiger partial charge in [-0.05, 0) is 25.3 Å². The molecule has 1 saturated heterocycles. The molecule has 1 aliphatic rings. The molecule has 0 saturated carbocycles. The Morgan fingerprint density at radius 2 is 2.50 bits per heavy atom. The molecule has 4 nitrogen and oxygen atoms in total. The highest BCUT2D eigenvalue weighted by molar-refractivity contribution is 5.69. The van der Waals surface area contributed by atoms with E-state index in [4.69, 9.17) is 9.84 Å². The summed E-state index contributed by atoms with van der Waals surface area (Å²) in [4.78, 5) is 10.5. The van der Waals surface area contributed by atoms with Crippen LogP contribution in [0.25, 0.3) is 0 Å². The van der Waals surface area contributed by atoms with Gasteiger partial charge in [0.05, 0.1) is 5.92 Å². The van der Waals surface area contributed by atoms with Gasteiger partial charge in [-0.15, -0.1) is 0 Å². The number of nitrogens with one attached hydrogen (secondary N) is 1. The molecule has 0 aliphatic carbocycles. The predicted molar refractivity (Wildman–Crippen MR) is 53.2 cm³/mol. The average molecular weight is 201 g/mol. The molecule has 2 atom stereocenters. The van der Waals surface area contributed by atoms with E-state index < -0.39 is 5.97 Å². The minimum Gasteiger partial charge on any atom is -0.481 e. The first-order chi connectivity index (χ1) is 6.70. The van der Waals surface area contributed by atoms with Crippen molar-refractivity contribution < 1.29 is 14.6 Å². The van der Waals surface area contributed by atoms with Gasteiger partial charge < -0.3 is 15.2 Å². The first-order valence-corrected chi connectivity index (χ1v) is 5.21. The van der Waals surface area contributed by atoms with Gasteiger partial charge in [0.25, 0.3) is 0 Å². The maximum absolute atomic E-state index is 10.5. The van der Waals surface area contributed by atoms with Crippen LogP contribution < -0.4 is 5.32 Å². The quantitative estimate of drug-likeness (QED) is 0.622. The molecule has 4 heteroatoms. The van der Waals surface area contributed by atoms with Crippen molar-refractivity contribution in [2.45, 2.75) is 19.8 Å².